The fourth-order valence-electron chi connectivity index (χ4n) is 10.2. The highest BCUT2D eigenvalue weighted by Crippen LogP contribution is 2.38. The molecule has 9 nitrogen and oxygen atoms in total. The van der Waals surface area contributed by atoms with Crippen LogP contribution in [0.25, 0.3) is 0 Å². The molecular weight excluding hydrogens is 1010 g/mol. The summed E-state index contributed by atoms with van der Waals surface area (Å²) in [6, 6.07) is -0.885. The average Bonchev–Trinajstić information content (AvgIpc) is 3.42. The van der Waals surface area contributed by atoms with Crippen LogP contribution in [0.3, 0.4) is 0 Å². The van der Waals surface area contributed by atoms with Gasteiger partial charge in [0.25, 0.3) is 7.82 Å². The van der Waals surface area contributed by atoms with Crippen LogP contribution in [-0.4, -0.2) is 69.4 Å². The Hall–Kier alpha value is -2.03. The fourth-order valence-corrected chi connectivity index (χ4v) is 10.9. The highest BCUT2D eigenvalue weighted by Gasteiger charge is 2.27. The second-order valence-electron chi connectivity index (χ2n) is 24.7. The number of quaternary nitrogens is 1. The molecule has 0 saturated heterocycles. The number of esters is 1. The first-order chi connectivity index (χ1) is 38.9. The highest BCUT2D eigenvalue weighted by molar-refractivity contribution is 7.45. The maximum atomic E-state index is 13.5. The summed E-state index contributed by atoms with van der Waals surface area (Å²) in [5.74, 6) is -0.526. The van der Waals surface area contributed by atoms with E-state index in [2.05, 4.69) is 62.5 Å². The number of carbonyl (C=O) groups excluding carboxylic acids is 2. The minimum absolute atomic E-state index is 0.0200. The lowest BCUT2D eigenvalue weighted by Gasteiger charge is -2.30. The van der Waals surface area contributed by atoms with Crippen LogP contribution < -0.4 is 10.2 Å². The summed E-state index contributed by atoms with van der Waals surface area (Å²) in [4.78, 5) is 40.1. The molecule has 0 aliphatic heterocycles. The van der Waals surface area contributed by atoms with Crippen molar-refractivity contribution in [3.63, 3.8) is 0 Å². The maximum Gasteiger partial charge on any atom is 0.306 e. The lowest BCUT2D eigenvalue weighted by Crippen LogP contribution is -2.47. The number of likely N-dealkylation sites (N-methyl/N-ethyl adjacent to an activating group) is 1. The normalized spacial score (nSPS) is 13.8. The van der Waals surface area contributed by atoms with Crippen LogP contribution >= 0.6 is 7.82 Å². The van der Waals surface area contributed by atoms with Gasteiger partial charge >= 0.3 is 5.97 Å². The zero-order chi connectivity index (χ0) is 58.6. The van der Waals surface area contributed by atoms with Crippen molar-refractivity contribution in [3.8, 4) is 0 Å². The number of hydrogen-bond donors (Lipinski definition) is 1. The van der Waals surface area contributed by atoms with Gasteiger partial charge in [0.15, 0.2) is 0 Å². The summed E-state index contributed by atoms with van der Waals surface area (Å²) >= 11 is 0. The van der Waals surface area contributed by atoms with E-state index < -0.39 is 20.0 Å². The molecular formula is C70H133N2O7P. The molecule has 0 aromatic carbocycles. The SMILES string of the molecule is CCCCC/C=C\C/C=C\C/C=C\CCCCCCCCCCCCCCCCC(=O)OC(/C=C\CCCCCCCCCCCCC)C(COP(=O)([O-])OCC[N+](C)(C)C)NC(=O)CCCCCCCCCCCCCCCC. The van der Waals surface area contributed by atoms with E-state index in [1.54, 1.807) is 0 Å². The summed E-state index contributed by atoms with van der Waals surface area (Å²) in [7, 11) is 1.20. The number of rotatable bonds is 63. The van der Waals surface area contributed by atoms with Crippen molar-refractivity contribution in [3.05, 3.63) is 48.6 Å². The Labute approximate surface area is 497 Å². The lowest BCUT2D eigenvalue weighted by atomic mass is 10.0. The number of unbranched alkanes of at least 4 members (excludes halogenated alkanes) is 41. The van der Waals surface area contributed by atoms with E-state index in [0.29, 0.717) is 17.4 Å². The Morgan fingerprint density at radius 1 is 0.438 bits per heavy atom. The molecule has 3 unspecified atom stereocenters. The first-order valence-electron chi connectivity index (χ1n) is 34.4. The topological polar surface area (TPSA) is 114 Å². The van der Waals surface area contributed by atoms with Crippen LogP contribution in [0.5, 0.6) is 0 Å². The average molecular weight is 1150 g/mol. The van der Waals surface area contributed by atoms with Crippen LogP contribution in [0.4, 0.5) is 0 Å². The van der Waals surface area contributed by atoms with Crippen LogP contribution in [0, 0.1) is 0 Å². The molecule has 0 rings (SSSR count). The van der Waals surface area contributed by atoms with Crippen LogP contribution in [0.1, 0.15) is 335 Å². The summed E-state index contributed by atoms with van der Waals surface area (Å²) in [5, 5.41) is 3.04. The van der Waals surface area contributed by atoms with Crippen LogP contribution in [0.2, 0.25) is 0 Å². The molecule has 80 heavy (non-hydrogen) atoms. The third-order valence-corrected chi connectivity index (χ3v) is 16.5. The Bertz CT molecular complexity index is 1510. The molecule has 0 fully saturated rings. The van der Waals surface area contributed by atoms with E-state index in [1.165, 1.54) is 231 Å². The van der Waals surface area contributed by atoms with Gasteiger partial charge in [0.1, 0.15) is 19.3 Å². The van der Waals surface area contributed by atoms with Gasteiger partial charge in [-0.3, -0.25) is 14.2 Å². The number of allylic oxidation sites excluding steroid dienone is 7. The molecule has 0 spiro atoms. The molecule has 3 atom stereocenters. The van der Waals surface area contributed by atoms with Crippen molar-refractivity contribution >= 4 is 19.7 Å². The van der Waals surface area contributed by atoms with Crippen molar-refractivity contribution in [2.75, 3.05) is 40.9 Å². The second-order valence-corrected chi connectivity index (χ2v) is 26.1. The smallest absolute Gasteiger partial charge is 0.306 e. The van der Waals surface area contributed by atoms with Crippen molar-refractivity contribution in [2.45, 2.75) is 348 Å². The standard InChI is InChI=1S/C70H133N2O7P/c1-7-10-13-16-19-22-25-28-30-31-32-33-34-35-36-37-38-39-40-41-42-45-48-51-54-57-60-63-70(74)79-68(61-58-55-52-49-46-43-27-24-21-18-15-12-9-3)67(66-78-80(75,76)77-65-64-72(4,5)6)71-69(73)62-59-56-53-50-47-44-29-26-23-20-17-14-11-8-2/h19,22,28,30,32-33,58,61,67-68H,7-18,20-21,23-27,29,31,34-57,59-60,62-66H2,1-6H3,(H-,71,73,75,76)/b22-19-,30-28-,33-32-,61-58-. The van der Waals surface area contributed by atoms with E-state index in [-0.39, 0.29) is 31.5 Å². The molecule has 0 bridgehead atoms. The first kappa shape index (κ1) is 78.0. The second kappa shape index (κ2) is 60.1. The lowest BCUT2D eigenvalue weighted by molar-refractivity contribution is -0.870. The molecule has 0 aliphatic rings. The van der Waals surface area contributed by atoms with Crippen molar-refractivity contribution in [1.29, 1.82) is 0 Å². The maximum absolute atomic E-state index is 13.5. The molecule has 0 aromatic heterocycles. The predicted octanol–water partition coefficient (Wildman–Crippen LogP) is 21.0. The molecule has 1 amide bonds. The van der Waals surface area contributed by atoms with Crippen molar-refractivity contribution in [2.24, 2.45) is 0 Å². The highest BCUT2D eigenvalue weighted by atomic mass is 31.2. The van der Waals surface area contributed by atoms with Crippen LogP contribution in [-0.2, 0) is 27.9 Å². The Morgan fingerprint density at radius 3 is 1.16 bits per heavy atom. The minimum Gasteiger partial charge on any atom is -0.756 e. The third-order valence-electron chi connectivity index (χ3n) is 15.5. The molecule has 1 N–H and O–H groups in total. The van der Waals surface area contributed by atoms with Gasteiger partial charge in [0.2, 0.25) is 5.91 Å². The quantitative estimate of drug-likeness (QED) is 0.0212. The molecule has 0 radical (unpaired) electrons. The Balaban J connectivity index is 5.03. The number of ether oxygens (including phenoxy) is 1. The van der Waals surface area contributed by atoms with Gasteiger partial charge in [-0.1, -0.05) is 301 Å². The number of nitrogens with one attached hydrogen (secondary N) is 1. The van der Waals surface area contributed by atoms with E-state index >= 15 is 0 Å². The van der Waals surface area contributed by atoms with E-state index in [1.807, 2.05) is 33.3 Å². The number of amides is 1. The zero-order valence-corrected chi connectivity index (χ0v) is 54.7. The first-order valence-corrected chi connectivity index (χ1v) is 35.9. The van der Waals surface area contributed by atoms with Gasteiger partial charge in [-0.2, -0.15) is 0 Å². The summed E-state index contributed by atoms with van der Waals surface area (Å²) in [6.45, 7) is 6.86. The zero-order valence-electron chi connectivity index (χ0n) is 53.8. The molecule has 0 aromatic rings. The Kier molecular flexibility index (Phi) is 58.6. The summed E-state index contributed by atoms with van der Waals surface area (Å²) < 4.78 is 30.4. The molecule has 470 valence electrons. The van der Waals surface area contributed by atoms with Crippen LogP contribution in [0.15, 0.2) is 48.6 Å². The molecule has 10 heteroatoms. The third kappa shape index (κ3) is 60.6. The Morgan fingerprint density at radius 2 is 0.762 bits per heavy atom. The summed E-state index contributed by atoms with van der Waals surface area (Å²) in [5.41, 5.74) is 0. The number of carbonyl (C=O) groups is 2. The van der Waals surface area contributed by atoms with Crippen molar-refractivity contribution in [1.82, 2.24) is 5.32 Å². The number of phosphoric acid groups is 1. The van der Waals surface area contributed by atoms with E-state index in [9.17, 15) is 19.0 Å². The largest absolute Gasteiger partial charge is 0.756 e. The molecule has 0 heterocycles. The molecule has 0 aliphatic carbocycles. The number of phosphoric ester groups is 1. The van der Waals surface area contributed by atoms with Gasteiger partial charge in [-0.05, 0) is 70.3 Å². The van der Waals surface area contributed by atoms with Gasteiger partial charge in [-0.25, -0.2) is 0 Å². The fraction of sp³-hybridized carbons (Fsp3) is 0.857. The van der Waals surface area contributed by atoms with Crippen molar-refractivity contribution < 1.29 is 37.3 Å². The van der Waals surface area contributed by atoms with Gasteiger partial charge < -0.3 is 28.5 Å². The number of hydrogen-bond acceptors (Lipinski definition) is 7. The van der Waals surface area contributed by atoms with E-state index in [4.69, 9.17) is 13.8 Å². The minimum atomic E-state index is -4.70. The van der Waals surface area contributed by atoms with Gasteiger partial charge in [0.05, 0.1) is 33.8 Å². The van der Waals surface area contributed by atoms with E-state index in [0.717, 1.165) is 70.6 Å². The number of nitrogens with zero attached hydrogens (tertiary/aromatic N) is 1. The molecule has 0 saturated carbocycles. The van der Waals surface area contributed by atoms with Gasteiger partial charge in [-0.15, -0.1) is 0 Å². The summed E-state index contributed by atoms with van der Waals surface area (Å²) in [6.07, 6.45) is 75.1. The monoisotopic (exact) mass is 1140 g/mol. The van der Waals surface area contributed by atoms with Gasteiger partial charge in [0, 0.05) is 12.8 Å². The predicted molar refractivity (Wildman–Crippen MR) is 344 cm³/mol.